The Hall–Kier alpha value is -5.43. The number of para-hydroxylation sites is 1. The Bertz CT molecular complexity index is 1720. The van der Waals surface area contributed by atoms with Gasteiger partial charge in [0.1, 0.15) is 36.0 Å². The molecule has 3 atom stereocenters. The predicted molar refractivity (Wildman–Crippen MR) is 189 cm³/mol. The van der Waals surface area contributed by atoms with E-state index in [1.807, 2.05) is 42.5 Å². The Kier molecular flexibility index (Phi) is 11.2. The molecule has 3 heterocycles. The van der Waals surface area contributed by atoms with Crippen molar-refractivity contribution < 1.29 is 33.4 Å². The highest BCUT2D eigenvalue weighted by Crippen LogP contribution is 2.35. The molecule has 3 aromatic rings. The molecule has 5 N–H and O–H groups in total. The summed E-state index contributed by atoms with van der Waals surface area (Å²) >= 11 is 0. The third kappa shape index (κ3) is 9.03. The van der Waals surface area contributed by atoms with Crippen LogP contribution in [0.25, 0.3) is 0 Å². The van der Waals surface area contributed by atoms with Crippen LogP contribution in [-0.2, 0) is 36.8 Å². The number of morpholine rings is 1. The SMILES string of the molecule is C[C@@H]1NC(=O)[C@@H](NC(=O)c2ccccc2N2CCOCC2)Cc2ccc(cc2)OCCNC(=O)C2(CC2)NC(=O)[C@@H](Cc2ccccc2)NC1=O. The van der Waals surface area contributed by atoms with Crippen LogP contribution in [0.5, 0.6) is 5.75 Å². The first-order valence-corrected chi connectivity index (χ1v) is 17.4. The molecule has 1 saturated carbocycles. The fourth-order valence-electron chi connectivity index (χ4n) is 6.24. The molecule has 3 aliphatic heterocycles. The number of amides is 5. The normalized spacial score (nSPS) is 22.8. The van der Waals surface area contributed by atoms with Crippen LogP contribution < -0.4 is 36.2 Å². The summed E-state index contributed by atoms with van der Waals surface area (Å²) < 4.78 is 11.3. The van der Waals surface area contributed by atoms with E-state index >= 15 is 0 Å². The summed E-state index contributed by atoms with van der Waals surface area (Å²) in [6.07, 6.45) is 1.23. The Labute approximate surface area is 296 Å². The van der Waals surface area contributed by atoms with Crippen LogP contribution in [0.4, 0.5) is 5.69 Å². The van der Waals surface area contributed by atoms with Crippen LogP contribution in [0.15, 0.2) is 78.9 Å². The fourth-order valence-corrected chi connectivity index (χ4v) is 6.24. The molecule has 1 saturated heterocycles. The molecule has 5 amide bonds. The summed E-state index contributed by atoms with van der Waals surface area (Å²) in [5.41, 5.74) is 1.65. The number of hydrogen-bond acceptors (Lipinski definition) is 8. The van der Waals surface area contributed by atoms with E-state index in [4.69, 9.17) is 9.47 Å². The van der Waals surface area contributed by atoms with E-state index in [0.29, 0.717) is 50.5 Å². The number of nitrogens with zero attached hydrogens (tertiary/aromatic N) is 1. The summed E-state index contributed by atoms with van der Waals surface area (Å²) in [6.45, 7) is 4.29. The Balaban J connectivity index is 1.24. The number of ether oxygens (including phenoxy) is 2. The van der Waals surface area contributed by atoms with Gasteiger partial charge in [-0.1, -0.05) is 54.6 Å². The molecule has 0 radical (unpaired) electrons. The summed E-state index contributed by atoms with van der Waals surface area (Å²) in [5.74, 6) is -1.84. The van der Waals surface area contributed by atoms with E-state index in [-0.39, 0.29) is 31.9 Å². The van der Waals surface area contributed by atoms with Gasteiger partial charge < -0.3 is 41.0 Å². The van der Waals surface area contributed by atoms with Crippen LogP contribution in [0.2, 0.25) is 0 Å². The second-order valence-corrected chi connectivity index (χ2v) is 13.1. The molecule has 13 nitrogen and oxygen atoms in total. The molecule has 268 valence electrons. The Morgan fingerprint density at radius 2 is 1.55 bits per heavy atom. The summed E-state index contributed by atoms with van der Waals surface area (Å²) in [4.78, 5) is 70.1. The van der Waals surface area contributed by atoms with Crippen molar-refractivity contribution >= 4 is 35.2 Å². The fraction of sp³-hybridized carbons (Fsp3) is 0.395. The molecule has 1 aliphatic carbocycles. The average molecular weight is 697 g/mol. The van der Waals surface area contributed by atoms with Crippen molar-refractivity contribution in [3.63, 3.8) is 0 Å². The second-order valence-electron chi connectivity index (χ2n) is 13.1. The Morgan fingerprint density at radius 3 is 2.27 bits per heavy atom. The zero-order valence-electron chi connectivity index (χ0n) is 28.6. The van der Waals surface area contributed by atoms with Crippen molar-refractivity contribution in [2.24, 2.45) is 0 Å². The van der Waals surface area contributed by atoms with E-state index in [9.17, 15) is 24.0 Å². The lowest BCUT2D eigenvalue weighted by Gasteiger charge is -2.30. The number of anilines is 1. The van der Waals surface area contributed by atoms with Gasteiger partial charge in [-0.2, -0.15) is 0 Å². The van der Waals surface area contributed by atoms with Gasteiger partial charge in [0.25, 0.3) is 5.91 Å². The highest BCUT2D eigenvalue weighted by Gasteiger charge is 2.51. The third-order valence-electron chi connectivity index (χ3n) is 9.36. The molecule has 2 fully saturated rings. The topological polar surface area (TPSA) is 167 Å². The van der Waals surface area contributed by atoms with Gasteiger partial charge in [-0.15, -0.1) is 0 Å². The van der Waals surface area contributed by atoms with E-state index in [1.165, 1.54) is 6.92 Å². The smallest absolute Gasteiger partial charge is 0.254 e. The van der Waals surface area contributed by atoms with E-state index in [0.717, 1.165) is 16.8 Å². The minimum Gasteiger partial charge on any atom is -0.492 e. The van der Waals surface area contributed by atoms with Crippen molar-refractivity contribution in [3.05, 3.63) is 95.6 Å². The quantitative estimate of drug-likeness (QED) is 0.249. The van der Waals surface area contributed by atoms with Gasteiger partial charge in [0.2, 0.25) is 23.6 Å². The summed E-state index contributed by atoms with van der Waals surface area (Å²) in [7, 11) is 0. The average Bonchev–Trinajstić information content (AvgIpc) is 3.94. The van der Waals surface area contributed by atoms with E-state index in [1.54, 1.807) is 36.4 Å². The number of benzene rings is 3. The number of rotatable bonds is 5. The van der Waals surface area contributed by atoms with Gasteiger partial charge in [-0.3, -0.25) is 24.0 Å². The maximum Gasteiger partial charge on any atom is 0.254 e. The summed E-state index contributed by atoms with van der Waals surface area (Å²) in [6, 6.07) is 20.4. The molecular weight excluding hydrogens is 652 g/mol. The first-order chi connectivity index (χ1) is 24.7. The first-order valence-electron chi connectivity index (χ1n) is 17.4. The highest BCUT2D eigenvalue weighted by molar-refractivity contribution is 6.03. The van der Waals surface area contributed by atoms with Gasteiger partial charge in [-0.05, 0) is 55.2 Å². The zero-order chi connectivity index (χ0) is 35.8. The molecule has 4 aliphatic rings. The molecular formula is C38H44N6O7. The molecule has 1 spiro atoms. The Morgan fingerprint density at radius 1 is 0.843 bits per heavy atom. The minimum atomic E-state index is -1.07. The van der Waals surface area contributed by atoms with E-state index < -0.39 is 47.3 Å². The third-order valence-corrected chi connectivity index (χ3v) is 9.36. The van der Waals surface area contributed by atoms with Crippen LogP contribution in [0.3, 0.4) is 0 Å². The van der Waals surface area contributed by atoms with Crippen molar-refractivity contribution in [3.8, 4) is 5.75 Å². The van der Waals surface area contributed by atoms with E-state index in [2.05, 4.69) is 31.5 Å². The lowest BCUT2D eigenvalue weighted by Crippen LogP contribution is -2.59. The van der Waals surface area contributed by atoms with Crippen LogP contribution in [-0.4, -0.2) is 92.7 Å². The molecule has 2 bridgehead atoms. The maximum absolute atomic E-state index is 13.9. The van der Waals surface area contributed by atoms with Crippen molar-refractivity contribution in [2.75, 3.05) is 44.4 Å². The van der Waals surface area contributed by atoms with Crippen molar-refractivity contribution in [1.82, 2.24) is 26.6 Å². The number of hydrogen-bond donors (Lipinski definition) is 5. The monoisotopic (exact) mass is 696 g/mol. The molecule has 7 rings (SSSR count). The molecule has 0 unspecified atom stereocenters. The number of fused-ring (bicyclic) bond motifs is 15. The lowest BCUT2D eigenvalue weighted by atomic mass is 10.0. The first kappa shape index (κ1) is 35.4. The number of carbonyl (C=O) groups is 5. The van der Waals surface area contributed by atoms with Crippen LogP contribution >= 0.6 is 0 Å². The molecule has 13 heteroatoms. The van der Waals surface area contributed by atoms with Gasteiger partial charge in [0.15, 0.2) is 0 Å². The standard InChI is InChI=1S/C38H44N6O7/c1-25-33(45)41-31(23-26-7-3-2-4-8-26)36(48)43-38(15-16-38)37(49)39-17-20-51-28-13-11-27(12-14-28)24-30(35(47)40-25)42-34(46)29-9-5-6-10-32(29)44-18-21-50-22-19-44/h2-14,25,30-31H,15-24H2,1H3,(H,39,49)(H,40,47)(H,41,45)(H,42,46)(H,43,48)/t25-,30-,31+/m0/s1. The van der Waals surface area contributed by atoms with Gasteiger partial charge in [0.05, 0.1) is 25.3 Å². The van der Waals surface area contributed by atoms with Gasteiger partial charge in [0, 0.05) is 31.6 Å². The summed E-state index contributed by atoms with van der Waals surface area (Å²) in [5, 5.41) is 14.2. The minimum absolute atomic E-state index is 0.128. The van der Waals surface area contributed by atoms with Crippen molar-refractivity contribution in [2.45, 2.75) is 56.3 Å². The van der Waals surface area contributed by atoms with Crippen LogP contribution in [0, 0.1) is 0 Å². The second kappa shape index (κ2) is 16.1. The zero-order valence-corrected chi connectivity index (χ0v) is 28.6. The maximum atomic E-state index is 13.9. The molecule has 0 aromatic heterocycles. The number of nitrogens with one attached hydrogen (secondary N) is 5. The molecule has 3 aromatic carbocycles. The van der Waals surface area contributed by atoms with Gasteiger partial charge in [-0.25, -0.2) is 0 Å². The van der Waals surface area contributed by atoms with Crippen molar-refractivity contribution in [1.29, 1.82) is 0 Å². The highest BCUT2D eigenvalue weighted by atomic mass is 16.5. The largest absolute Gasteiger partial charge is 0.492 e. The van der Waals surface area contributed by atoms with Gasteiger partial charge >= 0.3 is 0 Å². The lowest BCUT2D eigenvalue weighted by molar-refractivity contribution is -0.134. The number of carbonyl (C=O) groups excluding carboxylic acids is 5. The molecule has 51 heavy (non-hydrogen) atoms. The van der Waals surface area contributed by atoms with Crippen LogP contribution in [0.1, 0.15) is 41.3 Å². The predicted octanol–water partition coefficient (Wildman–Crippen LogP) is 1.25.